The van der Waals surface area contributed by atoms with Gasteiger partial charge in [0.15, 0.2) is 0 Å². The molecule has 0 saturated carbocycles. The van der Waals surface area contributed by atoms with Crippen molar-refractivity contribution in [2.24, 2.45) is 7.05 Å². The van der Waals surface area contributed by atoms with E-state index in [0.717, 1.165) is 16.6 Å². The van der Waals surface area contributed by atoms with Crippen LogP contribution in [-0.4, -0.2) is 16.3 Å². The molecule has 0 bridgehead atoms. The van der Waals surface area contributed by atoms with Gasteiger partial charge in [0.1, 0.15) is 0 Å². The summed E-state index contributed by atoms with van der Waals surface area (Å²) in [6.07, 6.45) is 0. The second kappa shape index (κ2) is 6.55. The summed E-state index contributed by atoms with van der Waals surface area (Å²) in [6.45, 7) is 6.08. The summed E-state index contributed by atoms with van der Waals surface area (Å²) in [4.78, 5) is 25.2. The number of nitrogens with one attached hydrogen (secondary N) is 1. The molecule has 0 atom stereocenters. The highest BCUT2D eigenvalue weighted by Gasteiger charge is 2.24. The van der Waals surface area contributed by atoms with Gasteiger partial charge in [-0.1, -0.05) is 44.2 Å². The second-order valence-corrected chi connectivity index (χ2v) is 6.60. The lowest BCUT2D eigenvalue weighted by molar-refractivity contribution is -0.112. The topological polar surface area (TPSA) is 51.1 Å². The molecule has 1 N–H and O–H groups in total. The third-order valence-electron chi connectivity index (χ3n) is 4.67. The Hall–Kier alpha value is -2.88. The molecule has 0 saturated heterocycles. The van der Waals surface area contributed by atoms with Crippen LogP contribution in [0.3, 0.4) is 0 Å². The van der Waals surface area contributed by atoms with Crippen molar-refractivity contribution in [1.82, 2.24) is 4.57 Å². The third kappa shape index (κ3) is 3.07. The number of carbonyl (C=O) groups excluding carboxylic acids is 2. The van der Waals surface area contributed by atoms with Gasteiger partial charge >= 0.3 is 0 Å². The van der Waals surface area contributed by atoms with Crippen LogP contribution in [0, 0.1) is 6.92 Å². The maximum atomic E-state index is 12.7. The van der Waals surface area contributed by atoms with E-state index in [-0.39, 0.29) is 0 Å². The van der Waals surface area contributed by atoms with Crippen LogP contribution >= 0.6 is 0 Å². The SMILES string of the molecule is Cc1c(C(=O)C(=O)Nc2ccc(C(C)C)cc2)c2ccccc2n1C. The predicted molar refractivity (Wildman–Crippen MR) is 101 cm³/mol. The lowest BCUT2D eigenvalue weighted by Gasteiger charge is -2.08. The number of nitrogens with zero attached hydrogens (tertiary/aromatic N) is 1. The number of fused-ring (bicyclic) bond motifs is 1. The minimum absolute atomic E-state index is 0.421. The standard InChI is InChI=1S/C21H22N2O2/c1-13(2)15-9-11-16(12-10-15)22-21(25)20(24)19-14(3)23(4)18-8-6-5-7-17(18)19/h5-13H,1-4H3,(H,22,25). The van der Waals surface area contributed by atoms with Crippen LogP contribution in [0.25, 0.3) is 10.9 Å². The van der Waals surface area contributed by atoms with E-state index in [1.165, 1.54) is 5.56 Å². The van der Waals surface area contributed by atoms with Gasteiger partial charge in [-0.2, -0.15) is 0 Å². The van der Waals surface area contributed by atoms with Gasteiger partial charge in [-0.15, -0.1) is 0 Å². The Morgan fingerprint density at radius 1 is 1.00 bits per heavy atom. The van der Waals surface area contributed by atoms with Crippen LogP contribution in [0.15, 0.2) is 48.5 Å². The zero-order chi connectivity index (χ0) is 18.1. The molecule has 0 fully saturated rings. The molecule has 1 amide bonds. The first-order valence-electron chi connectivity index (χ1n) is 8.39. The molecule has 0 spiro atoms. The van der Waals surface area contributed by atoms with Gasteiger partial charge in [0.25, 0.3) is 11.7 Å². The highest BCUT2D eigenvalue weighted by atomic mass is 16.2. The average Bonchev–Trinajstić information content (AvgIpc) is 2.86. The summed E-state index contributed by atoms with van der Waals surface area (Å²) in [5, 5.41) is 3.51. The van der Waals surface area contributed by atoms with Crippen LogP contribution in [0.4, 0.5) is 5.69 Å². The number of benzene rings is 2. The number of ketones is 1. The van der Waals surface area contributed by atoms with Crippen LogP contribution in [-0.2, 0) is 11.8 Å². The lowest BCUT2D eigenvalue weighted by Crippen LogP contribution is -2.23. The summed E-state index contributed by atoms with van der Waals surface area (Å²) >= 11 is 0. The number of hydrogen-bond acceptors (Lipinski definition) is 2. The molecule has 0 radical (unpaired) electrons. The zero-order valence-corrected chi connectivity index (χ0v) is 15.0. The first-order chi connectivity index (χ1) is 11.9. The Morgan fingerprint density at radius 3 is 2.28 bits per heavy atom. The maximum absolute atomic E-state index is 12.7. The fourth-order valence-electron chi connectivity index (χ4n) is 3.06. The van der Waals surface area contributed by atoms with Crippen molar-refractivity contribution >= 4 is 28.3 Å². The molecule has 1 heterocycles. The summed E-state index contributed by atoms with van der Waals surface area (Å²) in [5.74, 6) is -0.705. The van der Waals surface area contributed by atoms with E-state index in [1.807, 2.05) is 67.1 Å². The normalized spacial score (nSPS) is 11.1. The number of Topliss-reactive ketones (excluding diaryl/α,β-unsaturated/α-hetero) is 1. The summed E-state index contributed by atoms with van der Waals surface area (Å²) in [6, 6.07) is 15.2. The maximum Gasteiger partial charge on any atom is 0.296 e. The molecule has 4 nitrogen and oxygen atoms in total. The highest BCUT2D eigenvalue weighted by Crippen LogP contribution is 2.25. The van der Waals surface area contributed by atoms with E-state index in [9.17, 15) is 9.59 Å². The molecular weight excluding hydrogens is 312 g/mol. The molecule has 128 valence electrons. The molecule has 4 heteroatoms. The van der Waals surface area contributed by atoms with Gasteiger partial charge in [0, 0.05) is 29.3 Å². The number of anilines is 1. The quantitative estimate of drug-likeness (QED) is 0.567. The molecular formula is C21H22N2O2. The van der Waals surface area contributed by atoms with Crippen molar-refractivity contribution < 1.29 is 9.59 Å². The second-order valence-electron chi connectivity index (χ2n) is 6.60. The lowest BCUT2D eigenvalue weighted by atomic mass is 10.0. The fourth-order valence-corrected chi connectivity index (χ4v) is 3.06. The van der Waals surface area contributed by atoms with Gasteiger partial charge in [-0.3, -0.25) is 9.59 Å². The van der Waals surface area contributed by atoms with Crippen LogP contribution in [0.2, 0.25) is 0 Å². The largest absolute Gasteiger partial charge is 0.347 e. The van der Waals surface area contributed by atoms with Gasteiger partial charge < -0.3 is 9.88 Å². The zero-order valence-electron chi connectivity index (χ0n) is 15.0. The summed E-state index contributed by atoms with van der Waals surface area (Å²) in [5.41, 5.74) is 4.01. The van der Waals surface area contributed by atoms with Crippen molar-refractivity contribution in [2.75, 3.05) is 5.32 Å². The number of para-hydroxylation sites is 1. The van der Waals surface area contributed by atoms with Crippen molar-refractivity contribution in [1.29, 1.82) is 0 Å². The number of carbonyl (C=O) groups is 2. The Labute approximate surface area is 147 Å². The monoisotopic (exact) mass is 334 g/mol. The first kappa shape index (κ1) is 17.0. The first-order valence-corrected chi connectivity index (χ1v) is 8.39. The number of aryl methyl sites for hydroxylation is 1. The fraction of sp³-hybridized carbons (Fsp3) is 0.238. The van der Waals surface area contributed by atoms with Gasteiger partial charge in [0.05, 0.1) is 5.56 Å². The van der Waals surface area contributed by atoms with Gasteiger partial charge in [0.2, 0.25) is 0 Å². The van der Waals surface area contributed by atoms with Gasteiger partial charge in [-0.05, 0) is 36.6 Å². The molecule has 0 aliphatic rings. The molecule has 0 aliphatic carbocycles. The van der Waals surface area contributed by atoms with Crippen LogP contribution < -0.4 is 5.32 Å². The van der Waals surface area contributed by atoms with E-state index in [0.29, 0.717) is 17.2 Å². The Bertz CT molecular complexity index is 950. The smallest absolute Gasteiger partial charge is 0.296 e. The summed E-state index contributed by atoms with van der Waals surface area (Å²) < 4.78 is 1.94. The molecule has 1 aromatic heterocycles. The van der Waals surface area contributed by atoms with E-state index < -0.39 is 11.7 Å². The number of rotatable bonds is 4. The molecule has 3 aromatic rings. The predicted octanol–water partition coefficient (Wildman–Crippen LogP) is 4.43. The minimum Gasteiger partial charge on any atom is -0.347 e. The highest BCUT2D eigenvalue weighted by molar-refractivity contribution is 6.48. The molecule has 25 heavy (non-hydrogen) atoms. The minimum atomic E-state index is -0.614. The Morgan fingerprint density at radius 2 is 1.64 bits per heavy atom. The van der Waals surface area contributed by atoms with E-state index in [4.69, 9.17) is 0 Å². The number of aromatic nitrogens is 1. The van der Waals surface area contributed by atoms with Gasteiger partial charge in [-0.25, -0.2) is 0 Å². The van der Waals surface area contributed by atoms with E-state index in [1.54, 1.807) is 0 Å². The third-order valence-corrected chi connectivity index (χ3v) is 4.67. The van der Waals surface area contributed by atoms with Crippen molar-refractivity contribution in [3.8, 4) is 0 Å². The Kier molecular flexibility index (Phi) is 4.45. The molecule has 0 aliphatic heterocycles. The van der Waals surface area contributed by atoms with Crippen LogP contribution in [0.1, 0.15) is 41.4 Å². The average molecular weight is 334 g/mol. The number of amides is 1. The molecule has 2 aromatic carbocycles. The molecule has 0 unspecified atom stereocenters. The van der Waals surface area contributed by atoms with Crippen molar-refractivity contribution in [3.63, 3.8) is 0 Å². The van der Waals surface area contributed by atoms with Crippen molar-refractivity contribution in [3.05, 3.63) is 65.4 Å². The van der Waals surface area contributed by atoms with E-state index >= 15 is 0 Å². The van der Waals surface area contributed by atoms with Crippen molar-refractivity contribution in [2.45, 2.75) is 26.7 Å². The van der Waals surface area contributed by atoms with E-state index in [2.05, 4.69) is 19.2 Å². The summed E-state index contributed by atoms with van der Waals surface area (Å²) in [7, 11) is 1.90. The van der Waals surface area contributed by atoms with Crippen LogP contribution in [0.5, 0.6) is 0 Å². The Balaban J connectivity index is 1.88. The number of hydrogen-bond donors (Lipinski definition) is 1. The molecule has 3 rings (SSSR count).